The van der Waals surface area contributed by atoms with Crippen LogP contribution in [0.15, 0.2) is 59.6 Å². The summed E-state index contributed by atoms with van der Waals surface area (Å²) in [6, 6.07) is 18.2. The summed E-state index contributed by atoms with van der Waals surface area (Å²) in [7, 11) is 1.78. The number of nitrogens with one attached hydrogen (secondary N) is 2. The van der Waals surface area contributed by atoms with Crippen molar-refractivity contribution in [3.63, 3.8) is 0 Å². The molecular formula is C22H27IN4OS. The van der Waals surface area contributed by atoms with Crippen molar-refractivity contribution in [1.82, 2.24) is 15.6 Å². The van der Waals surface area contributed by atoms with Gasteiger partial charge in [-0.3, -0.25) is 4.99 Å². The number of halogens is 1. The largest absolute Gasteiger partial charge is 0.489 e. The summed E-state index contributed by atoms with van der Waals surface area (Å²) in [5.41, 5.74) is 3.41. The molecule has 0 radical (unpaired) electrons. The first-order valence-electron chi connectivity index (χ1n) is 9.27. The Morgan fingerprint density at radius 1 is 1.00 bits per heavy atom. The van der Waals surface area contributed by atoms with E-state index in [0.29, 0.717) is 19.7 Å². The van der Waals surface area contributed by atoms with E-state index >= 15 is 0 Å². The summed E-state index contributed by atoms with van der Waals surface area (Å²) >= 11 is 1.72. The first-order chi connectivity index (χ1) is 13.6. The monoisotopic (exact) mass is 522 g/mol. The van der Waals surface area contributed by atoms with Crippen LogP contribution in [0.1, 0.15) is 26.7 Å². The van der Waals surface area contributed by atoms with E-state index in [2.05, 4.69) is 51.8 Å². The molecule has 0 aliphatic carbocycles. The van der Waals surface area contributed by atoms with Crippen LogP contribution in [-0.2, 0) is 19.7 Å². The number of benzene rings is 2. The molecule has 3 aromatic rings. The van der Waals surface area contributed by atoms with E-state index in [4.69, 9.17) is 4.74 Å². The van der Waals surface area contributed by atoms with Crippen LogP contribution in [0.2, 0.25) is 0 Å². The second kappa shape index (κ2) is 11.8. The van der Waals surface area contributed by atoms with Crippen LogP contribution in [0.25, 0.3) is 0 Å². The smallest absolute Gasteiger partial charge is 0.191 e. The van der Waals surface area contributed by atoms with Crippen molar-refractivity contribution in [3.8, 4) is 5.75 Å². The zero-order valence-corrected chi connectivity index (χ0v) is 20.1. The summed E-state index contributed by atoms with van der Waals surface area (Å²) in [6.07, 6.45) is 0. The van der Waals surface area contributed by atoms with E-state index in [1.807, 2.05) is 37.3 Å². The summed E-state index contributed by atoms with van der Waals surface area (Å²) in [5.74, 6) is 1.64. The van der Waals surface area contributed by atoms with E-state index < -0.39 is 0 Å². The zero-order chi connectivity index (χ0) is 19.8. The molecule has 0 amide bonds. The van der Waals surface area contributed by atoms with Crippen LogP contribution < -0.4 is 15.4 Å². The van der Waals surface area contributed by atoms with Gasteiger partial charge in [0.25, 0.3) is 0 Å². The highest BCUT2D eigenvalue weighted by molar-refractivity contribution is 14.0. The lowest BCUT2D eigenvalue weighted by Crippen LogP contribution is -2.36. The molecule has 1 heterocycles. The summed E-state index contributed by atoms with van der Waals surface area (Å²) in [5, 5.41) is 7.74. The number of thiazole rings is 1. The molecule has 0 saturated heterocycles. The summed E-state index contributed by atoms with van der Waals surface area (Å²) in [4.78, 5) is 10.1. The maximum atomic E-state index is 5.83. The Morgan fingerprint density at radius 2 is 1.72 bits per heavy atom. The predicted molar refractivity (Wildman–Crippen MR) is 131 cm³/mol. The maximum absolute atomic E-state index is 5.83. The number of rotatable bonds is 7. The fraction of sp³-hybridized carbons (Fsp3) is 0.273. The number of hydrogen-bond acceptors (Lipinski definition) is 4. The van der Waals surface area contributed by atoms with Crippen molar-refractivity contribution >= 4 is 41.3 Å². The molecule has 0 spiro atoms. The van der Waals surface area contributed by atoms with Gasteiger partial charge in [0.2, 0.25) is 0 Å². The predicted octanol–water partition coefficient (Wildman–Crippen LogP) is 4.82. The molecule has 1 aromatic heterocycles. The lowest BCUT2D eigenvalue weighted by Gasteiger charge is -2.12. The number of para-hydroxylation sites is 1. The third-order valence-electron chi connectivity index (χ3n) is 4.30. The number of hydrogen-bond donors (Lipinski definition) is 2. The molecule has 0 aliphatic rings. The molecule has 0 atom stereocenters. The van der Waals surface area contributed by atoms with E-state index in [9.17, 15) is 0 Å². The Bertz CT molecular complexity index is 908. The van der Waals surface area contributed by atoms with E-state index in [0.717, 1.165) is 28.0 Å². The Kier molecular flexibility index (Phi) is 9.40. The van der Waals surface area contributed by atoms with Crippen LogP contribution in [0.3, 0.4) is 0 Å². The average Bonchev–Trinajstić information content (AvgIpc) is 3.05. The highest BCUT2D eigenvalue weighted by atomic mass is 127. The molecule has 3 rings (SSSR count). The van der Waals surface area contributed by atoms with Gasteiger partial charge < -0.3 is 15.4 Å². The normalized spacial score (nSPS) is 10.9. The molecule has 2 N–H and O–H groups in total. The van der Waals surface area contributed by atoms with Gasteiger partial charge in [-0.05, 0) is 37.1 Å². The molecule has 7 heteroatoms. The third kappa shape index (κ3) is 7.32. The quantitative estimate of drug-likeness (QED) is 0.266. The van der Waals surface area contributed by atoms with Crippen LogP contribution in [0, 0.1) is 13.8 Å². The molecule has 0 unspecified atom stereocenters. The highest BCUT2D eigenvalue weighted by Crippen LogP contribution is 2.16. The minimum absolute atomic E-state index is 0. The third-order valence-corrected chi connectivity index (χ3v) is 5.38. The van der Waals surface area contributed by atoms with Gasteiger partial charge in [-0.25, -0.2) is 4.98 Å². The Balaban J connectivity index is 0.00000300. The first kappa shape index (κ1) is 23.2. The molecule has 0 aliphatic heterocycles. The number of aliphatic imine (C=N–C) groups is 1. The van der Waals surface area contributed by atoms with Gasteiger partial charge in [0.15, 0.2) is 5.96 Å². The molecule has 5 nitrogen and oxygen atoms in total. The standard InChI is InChI=1S/C22H26N4OS.HI/c1-16-17(2)28-21(26-16)14-25-22(23-3)24-13-18-8-7-9-19(12-18)15-27-20-10-5-4-6-11-20;/h4-12H,13-15H2,1-3H3,(H2,23,24,25);1H. The fourth-order valence-electron chi connectivity index (χ4n) is 2.69. The molecule has 0 saturated carbocycles. The SMILES string of the molecule is CN=C(NCc1cccc(COc2ccccc2)c1)NCc1nc(C)c(C)s1.I. The topological polar surface area (TPSA) is 58.5 Å². The van der Waals surface area contributed by atoms with Crippen molar-refractivity contribution in [3.05, 3.63) is 81.3 Å². The van der Waals surface area contributed by atoms with Crippen LogP contribution in [-0.4, -0.2) is 18.0 Å². The summed E-state index contributed by atoms with van der Waals surface area (Å²) < 4.78 is 5.83. The summed E-state index contributed by atoms with van der Waals surface area (Å²) in [6.45, 7) is 6.04. The molecule has 154 valence electrons. The van der Waals surface area contributed by atoms with Gasteiger partial charge >= 0.3 is 0 Å². The Labute approximate surface area is 193 Å². The van der Waals surface area contributed by atoms with E-state index in [-0.39, 0.29) is 24.0 Å². The fourth-order valence-corrected chi connectivity index (χ4v) is 3.57. The number of nitrogens with zero attached hydrogens (tertiary/aromatic N) is 2. The van der Waals surface area contributed by atoms with Gasteiger partial charge in [-0.2, -0.15) is 0 Å². The lowest BCUT2D eigenvalue weighted by molar-refractivity contribution is 0.306. The Morgan fingerprint density at radius 3 is 2.41 bits per heavy atom. The number of ether oxygens (including phenoxy) is 1. The van der Waals surface area contributed by atoms with Crippen molar-refractivity contribution in [2.24, 2.45) is 4.99 Å². The minimum atomic E-state index is 0. The zero-order valence-electron chi connectivity index (χ0n) is 16.9. The van der Waals surface area contributed by atoms with Crippen LogP contribution in [0.5, 0.6) is 5.75 Å². The maximum Gasteiger partial charge on any atom is 0.191 e. The van der Waals surface area contributed by atoms with E-state index in [1.165, 1.54) is 10.4 Å². The van der Waals surface area contributed by atoms with Gasteiger partial charge in [-0.15, -0.1) is 35.3 Å². The number of aryl methyl sites for hydroxylation is 2. The number of aromatic nitrogens is 1. The van der Waals surface area contributed by atoms with Gasteiger partial charge in [0, 0.05) is 18.5 Å². The van der Waals surface area contributed by atoms with Gasteiger partial charge in [0.05, 0.1) is 12.2 Å². The average molecular weight is 522 g/mol. The lowest BCUT2D eigenvalue weighted by atomic mass is 10.1. The molecular weight excluding hydrogens is 495 g/mol. The highest BCUT2D eigenvalue weighted by Gasteiger charge is 2.05. The first-order valence-corrected chi connectivity index (χ1v) is 10.1. The Hall–Kier alpha value is -2.13. The van der Waals surface area contributed by atoms with Crippen LogP contribution in [0.4, 0.5) is 0 Å². The van der Waals surface area contributed by atoms with Gasteiger partial charge in [0.1, 0.15) is 17.4 Å². The van der Waals surface area contributed by atoms with Crippen molar-refractivity contribution < 1.29 is 4.74 Å². The van der Waals surface area contributed by atoms with E-state index in [1.54, 1.807) is 18.4 Å². The van der Waals surface area contributed by atoms with Gasteiger partial charge in [-0.1, -0.05) is 42.5 Å². The minimum Gasteiger partial charge on any atom is -0.489 e. The van der Waals surface area contributed by atoms with Crippen molar-refractivity contribution in [1.29, 1.82) is 0 Å². The second-order valence-electron chi connectivity index (χ2n) is 6.45. The van der Waals surface area contributed by atoms with Crippen LogP contribution >= 0.6 is 35.3 Å². The molecule has 0 fully saturated rings. The van der Waals surface area contributed by atoms with Crippen molar-refractivity contribution in [2.75, 3.05) is 7.05 Å². The second-order valence-corrected chi connectivity index (χ2v) is 7.74. The molecule has 2 aromatic carbocycles. The van der Waals surface area contributed by atoms with Crippen molar-refractivity contribution in [2.45, 2.75) is 33.5 Å². The number of guanidine groups is 1. The molecule has 29 heavy (non-hydrogen) atoms. The molecule has 0 bridgehead atoms.